The van der Waals surface area contributed by atoms with E-state index in [2.05, 4.69) is 19.2 Å². The van der Waals surface area contributed by atoms with Crippen molar-refractivity contribution in [1.82, 2.24) is 5.32 Å². The molecule has 0 aliphatic carbocycles. The number of aliphatic hydroxyl groups excluding tert-OH is 2. The quantitative estimate of drug-likeness (QED) is 0.0417. The van der Waals surface area contributed by atoms with Gasteiger partial charge in [-0.15, -0.1) is 0 Å². The number of hydrogen-bond donors (Lipinski definition) is 3. The van der Waals surface area contributed by atoms with Gasteiger partial charge in [0.05, 0.1) is 25.4 Å². The highest BCUT2D eigenvalue weighted by Crippen LogP contribution is 2.19. The smallest absolute Gasteiger partial charge is 0.305 e. The highest BCUT2D eigenvalue weighted by atomic mass is 16.5. The molecule has 0 aliphatic heterocycles. The molecule has 418 valence electrons. The van der Waals surface area contributed by atoms with E-state index in [1.165, 1.54) is 283 Å². The molecule has 0 aromatic heterocycles. The van der Waals surface area contributed by atoms with Crippen LogP contribution in [-0.4, -0.2) is 47.4 Å². The molecule has 6 nitrogen and oxygen atoms in total. The molecule has 2 unspecified atom stereocenters. The number of hydrogen-bond acceptors (Lipinski definition) is 5. The predicted molar refractivity (Wildman–Crippen MR) is 306 cm³/mol. The minimum absolute atomic E-state index is 0.00384. The van der Waals surface area contributed by atoms with Gasteiger partial charge in [-0.3, -0.25) is 9.59 Å². The Hall–Kier alpha value is -1.14. The summed E-state index contributed by atoms with van der Waals surface area (Å²) >= 11 is 0. The number of carbonyl (C=O) groups is 2. The van der Waals surface area contributed by atoms with Crippen molar-refractivity contribution in [3.63, 3.8) is 0 Å². The summed E-state index contributed by atoms with van der Waals surface area (Å²) in [7, 11) is 0. The average Bonchev–Trinajstić information content (AvgIpc) is 3.36. The molecule has 0 heterocycles. The van der Waals surface area contributed by atoms with E-state index < -0.39 is 12.1 Å². The van der Waals surface area contributed by atoms with Crippen molar-refractivity contribution in [2.24, 2.45) is 0 Å². The van der Waals surface area contributed by atoms with Gasteiger partial charge in [-0.05, 0) is 25.7 Å². The van der Waals surface area contributed by atoms with E-state index in [4.69, 9.17) is 4.74 Å². The molecule has 0 saturated carbocycles. The topological polar surface area (TPSA) is 95.9 Å². The second kappa shape index (κ2) is 60.4. The van der Waals surface area contributed by atoms with E-state index in [1.807, 2.05) is 0 Å². The molecule has 0 radical (unpaired) electrons. The summed E-state index contributed by atoms with van der Waals surface area (Å²) in [4.78, 5) is 24.6. The largest absolute Gasteiger partial charge is 0.466 e. The van der Waals surface area contributed by atoms with Gasteiger partial charge in [0.1, 0.15) is 0 Å². The van der Waals surface area contributed by atoms with E-state index in [-0.39, 0.29) is 18.5 Å². The molecule has 2 atom stereocenters. The first kappa shape index (κ1) is 68.9. The zero-order valence-corrected chi connectivity index (χ0v) is 47.8. The monoisotopic (exact) mass is 990 g/mol. The molecule has 1 amide bonds. The second-order valence-electron chi connectivity index (χ2n) is 22.5. The summed E-state index contributed by atoms with van der Waals surface area (Å²) < 4.78 is 5.48. The first-order valence-electron chi connectivity index (χ1n) is 32.3. The number of rotatable bonds is 61. The van der Waals surface area contributed by atoms with Crippen LogP contribution in [0.1, 0.15) is 373 Å². The van der Waals surface area contributed by atoms with E-state index in [0.717, 1.165) is 57.8 Å². The number of esters is 1. The molecule has 0 aliphatic rings. The minimum atomic E-state index is -0.675. The SMILES string of the molecule is CCCCCCCCCCCCCCCCCCCCCCCCCCCC(O)C(CO)NC(=O)CCCCCCCCCCCCCCOC(=O)CCCCCCCCCCCCCCCCCC. The van der Waals surface area contributed by atoms with Crippen molar-refractivity contribution in [3.8, 4) is 0 Å². The first-order valence-corrected chi connectivity index (χ1v) is 32.3. The third-order valence-electron chi connectivity index (χ3n) is 15.4. The molecule has 0 rings (SSSR count). The molecule has 0 saturated heterocycles. The summed E-state index contributed by atoms with van der Waals surface area (Å²) in [5.41, 5.74) is 0. The summed E-state index contributed by atoms with van der Waals surface area (Å²) in [6.45, 7) is 4.96. The third-order valence-corrected chi connectivity index (χ3v) is 15.4. The fourth-order valence-electron chi connectivity index (χ4n) is 10.5. The van der Waals surface area contributed by atoms with E-state index in [0.29, 0.717) is 25.9 Å². The number of carbonyl (C=O) groups excluding carboxylic acids is 2. The van der Waals surface area contributed by atoms with Crippen LogP contribution in [0.25, 0.3) is 0 Å². The normalized spacial score (nSPS) is 12.5. The Morgan fingerprint density at radius 3 is 0.871 bits per heavy atom. The molecule has 0 aromatic carbocycles. The summed E-state index contributed by atoms with van der Waals surface area (Å²) in [6.07, 6.45) is 71.1. The molecule has 6 heteroatoms. The van der Waals surface area contributed by atoms with Gasteiger partial charge < -0.3 is 20.3 Å². The van der Waals surface area contributed by atoms with Crippen LogP contribution in [0.5, 0.6) is 0 Å². The standard InChI is InChI=1S/C64H127NO5/c1-3-5-7-9-11-13-15-17-19-21-22-23-24-25-26-27-28-29-30-32-36-40-44-48-52-56-62(67)61(60-66)65-63(68)57-53-49-45-41-37-34-35-39-43-47-51-55-59-70-64(69)58-54-50-46-42-38-33-31-20-18-16-14-12-10-8-6-4-2/h61-62,66-67H,3-60H2,1-2H3,(H,65,68). The van der Waals surface area contributed by atoms with Gasteiger partial charge in [0.25, 0.3) is 0 Å². The molecular formula is C64H127NO5. The van der Waals surface area contributed by atoms with Gasteiger partial charge in [0.15, 0.2) is 0 Å². The van der Waals surface area contributed by atoms with Crippen LogP contribution in [0.4, 0.5) is 0 Å². The molecule has 0 fully saturated rings. The van der Waals surface area contributed by atoms with Crippen LogP contribution in [0.2, 0.25) is 0 Å². The Labute approximate surface area is 438 Å². The number of ether oxygens (including phenoxy) is 1. The first-order chi connectivity index (χ1) is 34.5. The Bertz CT molecular complexity index is 1010. The summed E-state index contributed by atoms with van der Waals surface area (Å²) in [6, 6.07) is -0.553. The molecule has 3 N–H and O–H groups in total. The maximum absolute atomic E-state index is 12.5. The molecule has 0 aromatic rings. The molecule has 0 spiro atoms. The van der Waals surface area contributed by atoms with Gasteiger partial charge >= 0.3 is 5.97 Å². The number of nitrogens with one attached hydrogen (secondary N) is 1. The molecule has 0 bridgehead atoms. The van der Waals surface area contributed by atoms with Gasteiger partial charge in [-0.2, -0.15) is 0 Å². The second-order valence-corrected chi connectivity index (χ2v) is 22.5. The van der Waals surface area contributed by atoms with Crippen LogP contribution in [0.15, 0.2) is 0 Å². The van der Waals surface area contributed by atoms with Crippen molar-refractivity contribution in [2.75, 3.05) is 13.2 Å². The zero-order chi connectivity index (χ0) is 50.7. The van der Waals surface area contributed by atoms with E-state index in [1.54, 1.807) is 0 Å². The van der Waals surface area contributed by atoms with Crippen molar-refractivity contribution < 1.29 is 24.5 Å². The van der Waals surface area contributed by atoms with Crippen molar-refractivity contribution in [2.45, 2.75) is 386 Å². The average molecular weight is 991 g/mol. The van der Waals surface area contributed by atoms with E-state index >= 15 is 0 Å². The fraction of sp³-hybridized carbons (Fsp3) is 0.969. The maximum Gasteiger partial charge on any atom is 0.305 e. The Balaban J connectivity index is 3.42. The van der Waals surface area contributed by atoms with Crippen molar-refractivity contribution in [1.29, 1.82) is 0 Å². The Morgan fingerprint density at radius 1 is 0.343 bits per heavy atom. The van der Waals surface area contributed by atoms with Crippen molar-refractivity contribution >= 4 is 11.9 Å². The number of aliphatic hydroxyl groups is 2. The lowest BCUT2D eigenvalue weighted by Crippen LogP contribution is -2.45. The number of unbranched alkanes of at least 4 members (excludes halogenated alkanes) is 50. The lowest BCUT2D eigenvalue weighted by Gasteiger charge is -2.22. The molecular weight excluding hydrogens is 863 g/mol. The minimum Gasteiger partial charge on any atom is -0.466 e. The van der Waals surface area contributed by atoms with Crippen LogP contribution in [0.3, 0.4) is 0 Å². The van der Waals surface area contributed by atoms with Crippen molar-refractivity contribution in [3.05, 3.63) is 0 Å². The Kier molecular flexibility index (Phi) is 59.4. The van der Waals surface area contributed by atoms with Gasteiger partial charge in [-0.1, -0.05) is 335 Å². The predicted octanol–water partition coefficient (Wildman–Crippen LogP) is 20.3. The number of amides is 1. The maximum atomic E-state index is 12.5. The summed E-state index contributed by atoms with van der Waals surface area (Å²) in [5, 5.41) is 23.4. The zero-order valence-electron chi connectivity index (χ0n) is 47.8. The van der Waals surface area contributed by atoms with Gasteiger partial charge in [0, 0.05) is 12.8 Å². The highest BCUT2D eigenvalue weighted by molar-refractivity contribution is 5.76. The lowest BCUT2D eigenvalue weighted by atomic mass is 10.0. The van der Waals surface area contributed by atoms with Gasteiger partial charge in [-0.25, -0.2) is 0 Å². The summed E-state index contributed by atoms with van der Waals surface area (Å²) in [5.74, 6) is -0.0486. The fourth-order valence-corrected chi connectivity index (χ4v) is 10.5. The van der Waals surface area contributed by atoms with Crippen LogP contribution < -0.4 is 5.32 Å². The van der Waals surface area contributed by atoms with Gasteiger partial charge in [0.2, 0.25) is 5.91 Å². The molecule has 70 heavy (non-hydrogen) atoms. The van der Waals surface area contributed by atoms with E-state index in [9.17, 15) is 19.8 Å². The van der Waals surface area contributed by atoms with Crippen LogP contribution >= 0.6 is 0 Å². The van der Waals surface area contributed by atoms with Crippen LogP contribution in [0, 0.1) is 0 Å². The Morgan fingerprint density at radius 2 is 0.586 bits per heavy atom. The highest BCUT2D eigenvalue weighted by Gasteiger charge is 2.20. The third kappa shape index (κ3) is 56.2. The lowest BCUT2D eigenvalue weighted by molar-refractivity contribution is -0.143. The van der Waals surface area contributed by atoms with Crippen LogP contribution in [-0.2, 0) is 14.3 Å².